The van der Waals surface area contributed by atoms with Gasteiger partial charge in [-0.2, -0.15) is 0 Å². The van der Waals surface area contributed by atoms with Gasteiger partial charge in [0.15, 0.2) is 11.5 Å². The lowest BCUT2D eigenvalue weighted by Crippen LogP contribution is -2.28. The molecule has 2 aromatic rings. The molecule has 1 aliphatic rings. The van der Waals surface area contributed by atoms with Crippen LogP contribution in [-0.2, 0) is 6.61 Å². The van der Waals surface area contributed by atoms with Gasteiger partial charge < -0.3 is 14.8 Å². The predicted octanol–water partition coefficient (Wildman–Crippen LogP) is 1.79. The summed E-state index contributed by atoms with van der Waals surface area (Å²) < 4.78 is 5.77. The number of oxazole rings is 1. The number of rotatable bonds is 2. The third kappa shape index (κ3) is 2.06. The Morgan fingerprint density at radius 1 is 1.47 bits per heavy atom. The minimum Gasteiger partial charge on any atom is -0.440 e. The van der Waals surface area contributed by atoms with E-state index in [0.717, 1.165) is 42.1 Å². The monoisotopic (exact) mass is 232 g/mol. The largest absolute Gasteiger partial charge is 0.440 e. The summed E-state index contributed by atoms with van der Waals surface area (Å²) >= 11 is 0. The summed E-state index contributed by atoms with van der Waals surface area (Å²) in [5, 5.41) is 12.4. The van der Waals surface area contributed by atoms with Crippen molar-refractivity contribution in [2.24, 2.45) is 0 Å². The van der Waals surface area contributed by atoms with Crippen LogP contribution in [0.25, 0.3) is 11.1 Å². The lowest BCUT2D eigenvalue weighted by Gasteiger charge is -2.19. The van der Waals surface area contributed by atoms with E-state index in [1.54, 1.807) is 0 Å². The maximum Gasteiger partial charge on any atom is 0.199 e. The Morgan fingerprint density at radius 3 is 3.18 bits per heavy atom. The lowest BCUT2D eigenvalue weighted by molar-refractivity contribution is 0.282. The third-order valence-corrected chi connectivity index (χ3v) is 3.30. The second kappa shape index (κ2) is 4.47. The van der Waals surface area contributed by atoms with Crippen LogP contribution >= 0.6 is 0 Å². The molecule has 0 spiro atoms. The SMILES string of the molecule is OCc1ccc2oc(C3CCCNC3)nc2c1. The molecule has 1 atom stereocenters. The number of fused-ring (bicyclic) bond motifs is 1. The van der Waals surface area contributed by atoms with Gasteiger partial charge in [0.25, 0.3) is 0 Å². The maximum absolute atomic E-state index is 9.08. The number of aliphatic hydroxyl groups is 1. The van der Waals surface area contributed by atoms with Gasteiger partial charge in [0.1, 0.15) is 5.52 Å². The third-order valence-electron chi connectivity index (χ3n) is 3.30. The van der Waals surface area contributed by atoms with Crippen molar-refractivity contribution in [3.8, 4) is 0 Å². The van der Waals surface area contributed by atoms with Crippen LogP contribution in [0, 0.1) is 0 Å². The van der Waals surface area contributed by atoms with Gasteiger partial charge in [-0.1, -0.05) is 6.07 Å². The number of piperidine rings is 1. The van der Waals surface area contributed by atoms with Gasteiger partial charge in [-0.25, -0.2) is 4.98 Å². The number of nitrogens with zero attached hydrogens (tertiary/aromatic N) is 1. The highest BCUT2D eigenvalue weighted by Gasteiger charge is 2.20. The van der Waals surface area contributed by atoms with E-state index < -0.39 is 0 Å². The van der Waals surface area contributed by atoms with Crippen LogP contribution in [0.15, 0.2) is 22.6 Å². The predicted molar refractivity (Wildman–Crippen MR) is 64.8 cm³/mol. The molecular weight excluding hydrogens is 216 g/mol. The van der Waals surface area contributed by atoms with Gasteiger partial charge in [0, 0.05) is 12.5 Å². The molecule has 4 nitrogen and oxygen atoms in total. The molecule has 90 valence electrons. The number of hydrogen-bond acceptors (Lipinski definition) is 4. The zero-order valence-electron chi connectivity index (χ0n) is 9.65. The Balaban J connectivity index is 1.95. The van der Waals surface area contributed by atoms with Gasteiger partial charge >= 0.3 is 0 Å². The van der Waals surface area contributed by atoms with Crippen molar-refractivity contribution in [1.82, 2.24) is 10.3 Å². The average molecular weight is 232 g/mol. The van der Waals surface area contributed by atoms with E-state index in [1.165, 1.54) is 6.42 Å². The van der Waals surface area contributed by atoms with E-state index in [4.69, 9.17) is 9.52 Å². The summed E-state index contributed by atoms with van der Waals surface area (Å²) in [6, 6.07) is 5.64. The molecule has 1 aromatic carbocycles. The van der Waals surface area contributed by atoms with Crippen molar-refractivity contribution in [1.29, 1.82) is 0 Å². The van der Waals surface area contributed by atoms with Crippen molar-refractivity contribution >= 4 is 11.1 Å². The van der Waals surface area contributed by atoms with E-state index in [0.29, 0.717) is 5.92 Å². The Hall–Kier alpha value is -1.39. The molecule has 1 aromatic heterocycles. The summed E-state index contributed by atoms with van der Waals surface area (Å²) in [7, 11) is 0. The number of hydrogen-bond donors (Lipinski definition) is 2. The van der Waals surface area contributed by atoms with E-state index in [1.807, 2.05) is 18.2 Å². The van der Waals surface area contributed by atoms with E-state index in [-0.39, 0.29) is 6.61 Å². The molecule has 17 heavy (non-hydrogen) atoms. The van der Waals surface area contributed by atoms with Crippen LogP contribution < -0.4 is 5.32 Å². The molecule has 1 unspecified atom stereocenters. The maximum atomic E-state index is 9.08. The number of aromatic nitrogens is 1. The highest BCUT2D eigenvalue weighted by Crippen LogP contribution is 2.26. The summed E-state index contributed by atoms with van der Waals surface area (Å²) in [6.07, 6.45) is 2.30. The van der Waals surface area contributed by atoms with Gasteiger partial charge in [0.2, 0.25) is 0 Å². The van der Waals surface area contributed by atoms with E-state index >= 15 is 0 Å². The second-order valence-corrected chi connectivity index (χ2v) is 4.56. The lowest BCUT2D eigenvalue weighted by atomic mass is 10.00. The molecule has 1 fully saturated rings. The van der Waals surface area contributed by atoms with E-state index in [2.05, 4.69) is 10.3 Å². The summed E-state index contributed by atoms with van der Waals surface area (Å²) in [5.41, 5.74) is 2.53. The fourth-order valence-electron chi connectivity index (χ4n) is 2.33. The minimum atomic E-state index is 0.0448. The van der Waals surface area contributed by atoms with Gasteiger partial charge in [-0.3, -0.25) is 0 Å². The molecule has 3 rings (SSSR count). The Bertz CT molecular complexity index is 515. The number of benzene rings is 1. The van der Waals surface area contributed by atoms with Crippen LogP contribution in [0.2, 0.25) is 0 Å². The highest BCUT2D eigenvalue weighted by atomic mass is 16.3. The molecule has 1 aliphatic heterocycles. The van der Waals surface area contributed by atoms with Gasteiger partial charge in [0.05, 0.1) is 6.61 Å². The van der Waals surface area contributed by atoms with Crippen LogP contribution in [0.1, 0.15) is 30.2 Å². The van der Waals surface area contributed by atoms with Crippen LogP contribution in [-0.4, -0.2) is 23.2 Å². The number of aliphatic hydroxyl groups excluding tert-OH is 1. The Labute approximate surface area is 99.7 Å². The first-order chi connectivity index (χ1) is 8.36. The number of nitrogens with one attached hydrogen (secondary N) is 1. The Kier molecular flexibility index (Phi) is 2.82. The second-order valence-electron chi connectivity index (χ2n) is 4.56. The molecule has 2 N–H and O–H groups in total. The standard InChI is InChI=1S/C13H16N2O2/c16-8-9-3-4-12-11(6-9)15-13(17-12)10-2-1-5-14-7-10/h3-4,6,10,14,16H,1-2,5,7-8H2. The van der Waals surface area contributed by atoms with Crippen LogP contribution in [0.5, 0.6) is 0 Å². The molecule has 0 saturated carbocycles. The van der Waals surface area contributed by atoms with Crippen molar-refractivity contribution in [3.05, 3.63) is 29.7 Å². The zero-order valence-corrected chi connectivity index (χ0v) is 9.65. The summed E-state index contributed by atoms with van der Waals surface area (Å²) in [6.45, 7) is 2.08. The smallest absolute Gasteiger partial charge is 0.199 e. The molecule has 1 saturated heterocycles. The molecule has 0 bridgehead atoms. The quantitative estimate of drug-likeness (QED) is 0.828. The van der Waals surface area contributed by atoms with Crippen molar-refractivity contribution in [3.63, 3.8) is 0 Å². The van der Waals surface area contributed by atoms with Crippen molar-refractivity contribution in [2.45, 2.75) is 25.4 Å². The average Bonchev–Trinajstić information content (AvgIpc) is 2.82. The topological polar surface area (TPSA) is 58.3 Å². The first-order valence-corrected chi connectivity index (χ1v) is 6.08. The first kappa shape index (κ1) is 10.7. The minimum absolute atomic E-state index is 0.0448. The summed E-state index contributed by atoms with van der Waals surface area (Å²) in [5.74, 6) is 1.20. The van der Waals surface area contributed by atoms with Crippen molar-refractivity contribution < 1.29 is 9.52 Å². The molecule has 4 heteroatoms. The van der Waals surface area contributed by atoms with Crippen LogP contribution in [0.4, 0.5) is 0 Å². The Morgan fingerprint density at radius 2 is 2.41 bits per heavy atom. The normalized spacial score (nSPS) is 20.9. The molecule has 0 amide bonds. The van der Waals surface area contributed by atoms with Crippen LogP contribution in [0.3, 0.4) is 0 Å². The highest BCUT2D eigenvalue weighted by molar-refractivity contribution is 5.73. The molecule has 2 heterocycles. The fourth-order valence-corrected chi connectivity index (χ4v) is 2.33. The molecule has 0 radical (unpaired) electrons. The van der Waals surface area contributed by atoms with E-state index in [9.17, 15) is 0 Å². The van der Waals surface area contributed by atoms with Gasteiger partial charge in [-0.05, 0) is 37.1 Å². The fraction of sp³-hybridized carbons (Fsp3) is 0.462. The summed E-state index contributed by atoms with van der Waals surface area (Å²) in [4.78, 5) is 4.53. The zero-order chi connectivity index (χ0) is 11.7. The molecule has 0 aliphatic carbocycles. The molecular formula is C13H16N2O2. The first-order valence-electron chi connectivity index (χ1n) is 6.08. The van der Waals surface area contributed by atoms with Gasteiger partial charge in [-0.15, -0.1) is 0 Å². The van der Waals surface area contributed by atoms with Crippen molar-refractivity contribution in [2.75, 3.05) is 13.1 Å².